The molecule has 0 fully saturated rings. The summed E-state index contributed by atoms with van der Waals surface area (Å²) in [6.45, 7) is 4.28. The van der Waals surface area contributed by atoms with Crippen molar-refractivity contribution in [1.29, 1.82) is 0 Å². The first-order valence-corrected chi connectivity index (χ1v) is 12.2. The Hall–Kier alpha value is -3.05. The van der Waals surface area contributed by atoms with Gasteiger partial charge in [-0.1, -0.05) is 71.7 Å². The van der Waals surface area contributed by atoms with Crippen molar-refractivity contribution in [2.75, 3.05) is 7.11 Å². The number of benzene rings is 3. The quantitative estimate of drug-likeness (QED) is 0.302. The zero-order valence-electron chi connectivity index (χ0n) is 20.0. The molecule has 0 saturated carbocycles. The first-order valence-electron chi connectivity index (χ1n) is 11.4. The van der Waals surface area contributed by atoms with Crippen molar-refractivity contribution < 1.29 is 4.74 Å². The number of halogens is 2. The van der Waals surface area contributed by atoms with E-state index in [9.17, 15) is 4.79 Å². The first kappa shape index (κ1) is 25.1. The van der Waals surface area contributed by atoms with Gasteiger partial charge in [0.05, 0.1) is 12.7 Å². The molecule has 0 saturated heterocycles. The largest absolute Gasteiger partial charge is 0.497 e. The van der Waals surface area contributed by atoms with E-state index >= 15 is 0 Å². The van der Waals surface area contributed by atoms with Crippen molar-refractivity contribution in [3.63, 3.8) is 0 Å². The Balaban J connectivity index is 1.93. The number of pyridine rings is 1. The third-order valence-corrected chi connectivity index (χ3v) is 7.22. The van der Waals surface area contributed by atoms with Crippen LogP contribution in [0.2, 0.25) is 10.0 Å². The van der Waals surface area contributed by atoms with Crippen LogP contribution < -0.4 is 16.0 Å². The highest BCUT2D eigenvalue weighted by Crippen LogP contribution is 2.33. The van der Waals surface area contributed by atoms with E-state index in [4.69, 9.17) is 33.7 Å². The standard InChI is InChI=1S/C29H28Cl2N2O2/c1-18-23(16-24-25(30)13-8-14-26(24)31)19(2)33(17-27(32)20-9-5-4-6-10-20)29(34)28(18)21-11-7-12-22(15-21)35-3/h4-15,27H,16-17,32H2,1-3H3. The van der Waals surface area contributed by atoms with Crippen LogP contribution in [0.5, 0.6) is 5.75 Å². The zero-order chi connectivity index (χ0) is 25.1. The Kier molecular flexibility index (Phi) is 7.66. The van der Waals surface area contributed by atoms with Crippen molar-refractivity contribution in [3.05, 3.63) is 121 Å². The molecule has 1 heterocycles. The molecular formula is C29H28Cl2N2O2. The highest BCUT2D eigenvalue weighted by atomic mass is 35.5. The molecule has 4 rings (SSSR count). The Morgan fingerprint density at radius 3 is 2.23 bits per heavy atom. The molecule has 0 radical (unpaired) electrons. The second kappa shape index (κ2) is 10.7. The Morgan fingerprint density at radius 2 is 1.57 bits per heavy atom. The van der Waals surface area contributed by atoms with E-state index in [1.165, 1.54) is 0 Å². The molecule has 0 aliphatic rings. The number of ether oxygens (including phenoxy) is 1. The van der Waals surface area contributed by atoms with Gasteiger partial charge in [-0.3, -0.25) is 4.79 Å². The molecule has 1 unspecified atom stereocenters. The van der Waals surface area contributed by atoms with Crippen molar-refractivity contribution in [2.45, 2.75) is 32.9 Å². The van der Waals surface area contributed by atoms with Crippen molar-refractivity contribution >= 4 is 23.2 Å². The maximum absolute atomic E-state index is 13.9. The number of hydrogen-bond acceptors (Lipinski definition) is 3. The summed E-state index contributed by atoms with van der Waals surface area (Å²) < 4.78 is 7.20. The van der Waals surface area contributed by atoms with E-state index in [1.54, 1.807) is 11.7 Å². The lowest BCUT2D eigenvalue weighted by Gasteiger charge is -2.23. The second-order valence-electron chi connectivity index (χ2n) is 8.61. The van der Waals surface area contributed by atoms with Crippen LogP contribution in [0.25, 0.3) is 11.1 Å². The number of nitrogens with zero attached hydrogens (tertiary/aromatic N) is 1. The summed E-state index contributed by atoms with van der Waals surface area (Å²) in [6, 6.07) is 22.5. The average molecular weight is 507 g/mol. The van der Waals surface area contributed by atoms with Gasteiger partial charge in [0.1, 0.15) is 5.75 Å². The SMILES string of the molecule is COc1cccc(-c2c(C)c(Cc3c(Cl)cccc3Cl)c(C)n(CC(N)c3ccccc3)c2=O)c1. The fourth-order valence-corrected chi connectivity index (χ4v) is 5.04. The molecule has 35 heavy (non-hydrogen) atoms. The molecule has 6 heteroatoms. The lowest BCUT2D eigenvalue weighted by atomic mass is 9.92. The summed E-state index contributed by atoms with van der Waals surface area (Å²) >= 11 is 13.1. The van der Waals surface area contributed by atoms with Gasteiger partial charge in [0, 0.05) is 34.7 Å². The van der Waals surface area contributed by atoms with Crippen LogP contribution in [0.4, 0.5) is 0 Å². The average Bonchev–Trinajstić information content (AvgIpc) is 2.86. The van der Waals surface area contributed by atoms with Gasteiger partial charge in [0.25, 0.3) is 5.56 Å². The van der Waals surface area contributed by atoms with E-state index in [-0.39, 0.29) is 11.6 Å². The van der Waals surface area contributed by atoms with E-state index in [0.717, 1.165) is 33.5 Å². The monoisotopic (exact) mass is 506 g/mol. The molecule has 2 N–H and O–H groups in total. The van der Waals surface area contributed by atoms with Gasteiger partial charge >= 0.3 is 0 Å². The molecule has 3 aromatic carbocycles. The minimum Gasteiger partial charge on any atom is -0.497 e. The van der Waals surface area contributed by atoms with Gasteiger partial charge < -0.3 is 15.0 Å². The van der Waals surface area contributed by atoms with Crippen molar-refractivity contribution in [3.8, 4) is 16.9 Å². The van der Waals surface area contributed by atoms with E-state index in [2.05, 4.69) is 0 Å². The van der Waals surface area contributed by atoms with Crippen LogP contribution in [0, 0.1) is 13.8 Å². The number of nitrogens with two attached hydrogens (primary N) is 1. The summed E-state index contributed by atoms with van der Waals surface area (Å²) in [5, 5.41) is 1.19. The van der Waals surface area contributed by atoms with E-state index in [0.29, 0.717) is 34.3 Å². The normalized spacial score (nSPS) is 11.9. The molecule has 0 amide bonds. The van der Waals surface area contributed by atoms with Crippen molar-refractivity contribution in [2.24, 2.45) is 5.73 Å². The fourth-order valence-electron chi connectivity index (χ4n) is 4.51. The number of methoxy groups -OCH3 is 1. The molecule has 0 bridgehead atoms. The van der Waals surface area contributed by atoms with Gasteiger partial charge in [-0.05, 0) is 65.9 Å². The van der Waals surface area contributed by atoms with Crippen LogP contribution in [-0.4, -0.2) is 11.7 Å². The first-order chi connectivity index (χ1) is 16.8. The molecule has 1 atom stereocenters. The maximum Gasteiger partial charge on any atom is 0.258 e. The molecule has 0 spiro atoms. The Morgan fingerprint density at radius 1 is 0.914 bits per heavy atom. The van der Waals surface area contributed by atoms with Crippen LogP contribution >= 0.6 is 23.2 Å². The maximum atomic E-state index is 13.9. The summed E-state index contributed by atoms with van der Waals surface area (Å²) in [6.07, 6.45) is 0.494. The third-order valence-electron chi connectivity index (χ3n) is 6.51. The number of aromatic nitrogens is 1. The Labute approximate surface area is 215 Å². The predicted octanol–water partition coefficient (Wildman–Crippen LogP) is 6.74. The Bertz CT molecular complexity index is 1390. The number of rotatable bonds is 7. The molecule has 4 nitrogen and oxygen atoms in total. The minimum atomic E-state index is -0.342. The smallest absolute Gasteiger partial charge is 0.258 e. The minimum absolute atomic E-state index is 0.0892. The van der Waals surface area contributed by atoms with Gasteiger partial charge in [0.2, 0.25) is 0 Å². The van der Waals surface area contributed by atoms with Gasteiger partial charge in [-0.15, -0.1) is 0 Å². The molecule has 0 aliphatic heterocycles. The summed E-state index contributed by atoms with van der Waals surface area (Å²) in [5.74, 6) is 0.685. The summed E-state index contributed by atoms with van der Waals surface area (Å²) in [7, 11) is 1.61. The van der Waals surface area contributed by atoms with Gasteiger partial charge in [-0.25, -0.2) is 0 Å². The third kappa shape index (κ3) is 5.15. The van der Waals surface area contributed by atoms with Crippen LogP contribution in [0.1, 0.15) is 34.0 Å². The highest BCUT2D eigenvalue weighted by Gasteiger charge is 2.22. The zero-order valence-corrected chi connectivity index (χ0v) is 21.5. The predicted molar refractivity (Wildman–Crippen MR) is 145 cm³/mol. The lowest BCUT2D eigenvalue weighted by Crippen LogP contribution is -2.31. The van der Waals surface area contributed by atoms with Crippen LogP contribution in [-0.2, 0) is 13.0 Å². The molecule has 0 aliphatic carbocycles. The summed E-state index contributed by atoms with van der Waals surface area (Å²) in [4.78, 5) is 13.9. The second-order valence-corrected chi connectivity index (χ2v) is 9.42. The van der Waals surface area contributed by atoms with Gasteiger partial charge in [-0.2, -0.15) is 0 Å². The van der Waals surface area contributed by atoms with Crippen molar-refractivity contribution in [1.82, 2.24) is 4.57 Å². The topological polar surface area (TPSA) is 57.2 Å². The molecule has 180 valence electrons. The molecule has 1 aromatic heterocycles. The molecule has 4 aromatic rings. The van der Waals surface area contributed by atoms with E-state index in [1.807, 2.05) is 86.6 Å². The number of hydrogen-bond donors (Lipinski definition) is 1. The van der Waals surface area contributed by atoms with Crippen LogP contribution in [0.15, 0.2) is 77.6 Å². The molecular weight excluding hydrogens is 479 g/mol. The fraction of sp³-hybridized carbons (Fsp3) is 0.207. The van der Waals surface area contributed by atoms with Crippen LogP contribution in [0.3, 0.4) is 0 Å². The van der Waals surface area contributed by atoms with E-state index < -0.39 is 0 Å². The summed E-state index contributed by atoms with van der Waals surface area (Å²) in [5.41, 5.74) is 12.4. The van der Waals surface area contributed by atoms with Gasteiger partial charge in [0.15, 0.2) is 0 Å². The highest BCUT2D eigenvalue weighted by molar-refractivity contribution is 6.36. The lowest BCUT2D eigenvalue weighted by molar-refractivity contribution is 0.415.